The Morgan fingerprint density at radius 3 is 2.95 bits per heavy atom. The molecule has 106 valence electrons. The number of nitrogens with one attached hydrogen (secondary N) is 1. The van der Waals surface area contributed by atoms with E-state index in [1.807, 2.05) is 6.07 Å². The summed E-state index contributed by atoms with van der Waals surface area (Å²) in [6.07, 6.45) is 3.49. The average Bonchev–Trinajstić information content (AvgIpc) is 2.88. The first-order valence-electron chi connectivity index (χ1n) is 7.41. The van der Waals surface area contributed by atoms with E-state index >= 15 is 0 Å². The summed E-state index contributed by atoms with van der Waals surface area (Å²) < 4.78 is 13.2. The molecule has 1 fully saturated rings. The molecule has 1 N–H and O–H groups in total. The van der Waals surface area contributed by atoms with E-state index in [2.05, 4.69) is 24.1 Å². The number of rotatable bonds is 6. The van der Waals surface area contributed by atoms with Crippen LogP contribution in [0.15, 0.2) is 24.3 Å². The van der Waals surface area contributed by atoms with Gasteiger partial charge in [0.25, 0.3) is 0 Å². The van der Waals surface area contributed by atoms with Gasteiger partial charge in [0.15, 0.2) is 0 Å². The third-order valence-electron chi connectivity index (χ3n) is 4.07. The van der Waals surface area contributed by atoms with Crippen LogP contribution >= 0.6 is 0 Å². The van der Waals surface area contributed by atoms with E-state index in [1.54, 1.807) is 12.1 Å². The van der Waals surface area contributed by atoms with Crippen molar-refractivity contribution in [3.05, 3.63) is 35.6 Å². The van der Waals surface area contributed by atoms with Crippen molar-refractivity contribution in [2.24, 2.45) is 0 Å². The van der Waals surface area contributed by atoms with Crippen LogP contribution in [0.3, 0.4) is 0 Å². The minimum atomic E-state index is -0.134. The summed E-state index contributed by atoms with van der Waals surface area (Å²) >= 11 is 0. The molecule has 1 aliphatic rings. The van der Waals surface area contributed by atoms with Gasteiger partial charge in [0.05, 0.1) is 0 Å². The molecular formula is C16H25FN2. The molecule has 2 atom stereocenters. The number of halogens is 1. The third-order valence-corrected chi connectivity index (χ3v) is 4.07. The van der Waals surface area contributed by atoms with E-state index in [9.17, 15) is 4.39 Å². The van der Waals surface area contributed by atoms with Crippen molar-refractivity contribution in [2.75, 3.05) is 19.6 Å². The predicted molar refractivity (Wildman–Crippen MR) is 77.8 cm³/mol. The topological polar surface area (TPSA) is 15.3 Å². The quantitative estimate of drug-likeness (QED) is 0.850. The zero-order valence-corrected chi connectivity index (χ0v) is 12.0. The summed E-state index contributed by atoms with van der Waals surface area (Å²) in [5, 5.41) is 3.55. The van der Waals surface area contributed by atoms with Crippen LogP contribution in [-0.2, 0) is 6.42 Å². The van der Waals surface area contributed by atoms with Gasteiger partial charge in [0.2, 0.25) is 0 Å². The van der Waals surface area contributed by atoms with Gasteiger partial charge in [-0.25, -0.2) is 4.39 Å². The Labute approximate surface area is 116 Å². The number of benzene rings is 1. The maximum Gasteiger partial charge on any atom is 0.123 e. The predicted octanol–water partition coefficient (Wildman–Crippen LogP) is 2.83. The van der Waals surface area contributed by atoms with Gasteiger partial charge >= 0.3 is 0 Å². The molecular weight excluding hydrogens is 239 g/mol. The minimum Gasteiger partial charge on any atom is -0.313 e. The zero-order valence-electron chi connectivity index (χ0n) is 12.0. The molecule has 1 saturated heterocycles. The van der Waals surface area contributed by atoms with Gasteiger partial charge in [0, 0.05) is 18.6 Å². The normalized spacial score (nSPS) is 20.9. The van der Waals surface area contributed by atoms with Crippen LogP contribution in [0.1, 0.15) is 32.3 Å². The summed E-state index contributed by atoms with van der Waals surface area (Å²) in [6.45, 7) is 7.75. The molecule has 0 bridgehead atoms. The highest BCUT2D eigenvalue weighted by Gasteiger charge is 2.20. The number of nitrogens with zero attached hydrogens (tertiary/aromatic N) is 1. The molecule has 1 aromatic carbocycles. The first kappa shape index (κ1) is 14.5. The van der Waals surface area contributed by atoms with Crippen molar-refractivity contribution in [2.45, 2.75) is 45.2 Å². The highest BCUT2D eigenvalue weighted by Crippen LogP contribution is 2.13. The lowest BCUT2D eigenvalue weighted by Crippen LogP contribution is -2.43. The van der Waals surface area contributed by atoms with Gasteiger partial charge in [-0.05, 0) is 57.0 Å². The second kappa shape index (κ2) is 7.01. The Kier molecular flexibility index (Phi) is 5.34. The summed E-state index contributed by atoms with van der Waals surface area (Å²) in [5.74, 6) is -0.134. The number of hydrogen-bond donors (Lipinski definition) is 1. The van der Waals surface area contributed by atoms with E-state index in [-0.39, 0.29) is 5.82 Å². The molecule has 2 rings (SSSR count). The Hall–Kier alpha value is -0.930. The summed E-state index contributed by atoms with van der Waals surface area (Å²) in [4.78, 5) is 2.49. The highest BCUT2D eigenvalue weighted by molar-refractivity contribution is 5.17. The van der Waals surface area contributed by atoms with E-state index in [4.69, 9.17) is 0 Å². The van der Waals surface area contributed by atoms with Gasteiger partial charge < -0.3 is 5.32 Å². The van der Waals surface area contributed by atoms with Crippen LogP contribution in [0.4, 0.5) is 4.39 Å². The fraction of sp³-hybridized carbons (Fsp3) is 0.625. The van der Waals surface area contributed by atoms with E-state index in [0.29, 0.717) is 12.1 Å². The van der Waals surface area contributed by atoms with Crippen molar-refractivity contribution in [1.29, 1.82) is 0 Å². The van der Waals surface area contributed by atoms with Crippen molar-refractivity contribution in [1.82, 2.24) is 10.2 Å². The van der Waals surface area contributed by atoms with Crippen LogP contribution in [-0.4, -0.2) is 36.6 Å². The summed E-state index contributed by atoms with van der Waals surface area (Å²) in [6, 6.07) is 8.06. The second-order valence-corrected chi connectivity index (χ2v) is 5.56. The SMILES string of the molecule is CCN(CC1CCCN1)C(C)Cc1cccc(F)c1. The zero-order chi connectivity index (χ0) is 13.7. The maximum atomic E-state index is 13.2. The van der Waals surface area contributed by atoms with Crippen molar-refractivity contribution < 1.29 is 4.39 Å². The highest BCUT2D eigenvalue weighted by atomic mass is 19.1. The van der Waals surface area contributed by atoms with Gasteiger partial charge in [-0.3, -0.25) is 4.90 Å². The fourth-order valence-corrected chi connectivity index (χ4v) is 2.95. The lowest BCUT2D eigenvalue weighted by molar-refractivity contribution is 0.199. The lowest BCUT2D eigenvalue weighted by Gasteiger charge is -2.30. The Morgan fingerprint density at radius 2 is 2.32 bits per heavy atom. The second-order valence-electron chi connectivity index (χ2n) is 5.56. The smallest absolute Gasteiger partial charge is 0.123 e. The standard InChI is InChI=1S/C16H25FN2/c1-3-19(12-16-8-5-9-18-16)13(2)10-14-6-4-7-15(17)11-14/h4,6-7,11,13,16,18H,3,5,8-10,12H2,1-2H3. The summed E-state index contributed by atoms with van der Waals surface area (Å²) in [5.41, 5.74) is 1.09. The molecule has 0 saturated carbocycles. The molecule has 1 heterocycles. The van der Waals surface area contributed by atoms with Crippen molar-refractivity contribution in [3.63, 3.8) is 0 Å². The molecule has 0 aliphatic carbocycles. The van der Waals surface area contributed by atoms with Gasteiger partial charge in [-0.2, -0.15) is 0 Å². The van der Waals surface area contributed by atoms with Gasteiger partial charge in [-0.15, -0.1) is 0 Å². The van der Waals surface area contributed by atoms with Crippen LogP contribution in [0.2, 0.25) is 0 Å². The van der Waals surface area contributed by atoms with E-state index in [0.717, 1.165) is 31.6 Å². The molecule has 19 heavy (non-hydrogen) atoms. The minimum absolute atomic E-state index is 0.134. The Morgan fingerprint density at radius 1 is 1.47 bits per heavy atom. The van der Waals surface area contributed by atoms with Crippen LogP contribution in [0, 0.1) is 5.82 Å². The summed E-state index contributed by atoms with van der Waals surface area (Å²) in [7, 11) is 0. The number of likely N-dealkylation sites (N-methyl/N-ethyl adjacent to an activating group) is 1. The van der Waals surface area contributed by atoms with Crippen molar-refractivity contribution in [3.8, 4) is 0 Å². The fourth-order valence-electron chi connectivity index (χ4n) is 2.95. The lowest BCUT2D eigenvalue weighted by atomic mass is 10.0. The Bertz CT molecular complexity index is 388. The molecule has 0 amide bonds. The third kappa shape index (κ3) is 4.29. The molecule has 0 spiro atoms. The molecule has 2 unspecified atom stereocenters. The van der Waals surface area contributed by atoms with E-state index < -0.39 is 0 Å². The molecule has 3 heteroatoms. The van der Waals surface area contributed by atoms with Crippen LogP contribution < -0.4 is 5.32 Å². The Balaban J connectivity index is 1.90. The molecule has 1 aliphatic heterocycles. The van der Waals surface area contributed by atoms with Gasteiger partial charge in [0.1, 0.15) is 5.82 Å². The molecule has 1 aromatic rings. The first-order chi connectivity index (χ1) is 9.19. The molecule has 2 nitrogen and oxygen atoms in total. The largest absolute Gasteiger partial charge is 0.313 e. The monoisotopic (exact) mass is 264 g/mol. The van der Waals surface area contributed by atoms with Crippen molar-refractivity contribution >= 4 is 0 Å². The molecule has 0 aromatic heterocycles. The average molecular weight is 264 g/mol. The van der Waals surface area contributed by atoms with Crippen LogP contribution in [0.25, 0.3) is 0 Å². The number of hydrogen-bond acceptors (Lipinski definition) is 2. The van der Waals surface area contributed by atoms with Crippen LogP contribution in [0.5, 0.6) is 0 Å². The van der Waals surface area contributed by atoms with Gasteiger partial charge in [-0.1, -0.05) is 19.1 Å². The van der Waals surface area contributed by atoms with E-state index in [1.165, 1.54) is 18.9 Å². The first-order valence-corrected chi connectivity index (χ1v) is 7.41. The molecule has 0 radical (unpaired) electrons. The maximum absolute atomic E-state index is 13.2.